The van der Waals surface area contributed by atoms with Crippen LogP contribution in [0.2, 0.25) is 0 Å². The first kappa shape index (κ1) is 15.5. The third kappa shape index (κ3) is 4.58. The Labute approximate surface area is 133 Å². The molecule has 0 heterocycles. The Bertz CT molecular complexity index is 643. The zero-order valence-corrected chi connectivity index (χ0v) is 13.4. The van der Waals surface area contributed by atoms with Crippen LogP contribution in [0.15, 0.2) is 58.2 Å². The monoisotopic (exact) mass is 347 g/mol. The molecule has 0 atom stereocenters. The fourth-order valence-corrected chi connectivity index (χ4v) is 2.65. The number of halogens is 1. The standard InChI is InChI=1S/C16H18BrN3O/c1-20(11-13-5-3-7-15(17)9-13)10-12-4-2-6-14(8-12)16(18)19-21/h2-9,21H,10-11H2,1H3,(H2,18,19). The largest absolute Gasteiger partial charge is 0.409 e. The average Bonchev–Trinajstić information content (AvgIpc) is 2.46. The molecule has 0 bridgehead atoms. The van der Waals surface area contributed by atoms with E-state index in [2.05, 4.69) is 45.2 Å². The summed E-state index contributed by atoms with van der Waals surface area (Å²) in [4.78, 5) is 2.22. The van der Waals surface area contributed by atoms with E-state index in [9.17, 15) is 0 Å². The SMILES string of the molecule is CN(Cc1cccc(Br)c1)Cc1cccc(C(N)=NO)c1. The van der Waals surface area contributed by atoms with Gasteiger partial charge in [0.1, 0.15) is 0 Å². The molecule has 2 aromatic carbocycles. The minimum Gasteiger partial charge on any atom is -0.409 e. The molecule has 2 rings (SSSR count). The van der Waals surface area contributed by atoms with Crippen molar-refractivity contribution in [1.82, 2.24) is 4.90 Å². The molecule has 110 valence electrons. The average molecular weight is 348 g/mol. The smallest absolute Gasteiger partial charge is 0.170 e. The van der Waals surface area contributed by atoms with Gasteiger partial charge in [-0.2, -0.15) is 0 Å². The first-order valence-corrected chi connectivity index (χ1v) is 7.37. The fourth-order valence-electron chi connectivity index (χ4n) is 2.20. The van der Waals surface area contributed by atoms with E-state index >= 15 is 0 Å². The molecule has 0 fully saturated rings. The molecule has 0 spiro atoms. The Balaban J connectivity index is 2.04. The number of nitrogens with two attached hydrogens (primary N) is 1. The molecule has 0 saturated carbocycles. The van der Waals surface area contributed by atoms with Crippen molar-refractivity contribution >= 4 is 21.8 Å². The van der Waals surface area contributed by atoms with Crippen molar-refractivity contribution in [2.75, 3.05) is 7.05 Å². The second-order valence-electron chi connectivity index (χ2n) is 4.99. The van der Waals surface area contributed by atoms with Gasteiger partial charge in [0.25, 0.3) is 0 Å². The molecular weight excluding hydrogens is 330 g/mol. The summed E-state index contributed by atoms with van der Waals surface area (Å²) in [6.07, 6.45) is 0. The lowest BCUT2D eigenvalue weighted by Gasteiger charge is -2.17. The maximum Gasteiger partial charge on any atom is 0.170 e. The number of hydrogen-bond acceptors (Lipinski definition) is 3. The van der Waals surface area contributed by atoms with Crippen LogP contribution in [0, 0.1) is 0 Å². The van der Waals surface area contributed by atoms with Crippen molar-refractivity contribution in [3.05, 3.63) is 69.7 Å². The van der Waals surface area contributed by atoms with Crippen LogP contribution in [-0.4, -0.2) is 23.0 Å². The molecule has 3 N–H and O–H groups in total. The van der Waals surface area contributed by atoms with E-state index in [4.69, 9.17) is 10.9 Å². The van der Waals surface area contributed by atoms with E-state index in [1.54, 1.807) is 0 Å². The summed E-state index contributed by atoms with van der Waals surface area (Å²) in [7, 11) is 2.07. The summed E-state index contributed by atoms with van der Waals surface area (Å²) in [5, 5.41) is 11.8. The highest BCUT2D eigenvalue weighted by Gasteiger charge is 2.05. The van der Waals surface area contributed by atoms with Crippen molar-refractivity contribution in [2.24, 2.45) is 10.9 Å². The summed E-state index contributed by atoms with van der Waals surface area (Å²) in [6, 6.07) is 16.0. The highest BCUT2D eigenvalue weighted by Crippen LogP contribution is 2.14. The predicted molar refractivity (Wildman–Crippen MR) is 88.3 cm³/mol. The van der Waals surface area contributed by atoms with Crippen LogP contribution >= 0.6 is 15.9 Å². The maximum atomic E-state index is 8.73. The fraction of sp³-hybridized carbons (Fsp3) is 0.188. The van der Waals surface area contributed by atoms with E-state index in [0.717, 1.165) is 28.7 Å². The highest BCUT2D eigenvalue weighted by molar-refractivity contribution is 9.10. The van der Waals surface area contributed by atoms with E-state index in [1.807, 2.05) is 36.4 Å². The van der Waals surface area contributed by atoms with Crippen LogP contribution < -0.4 is 5.73 Å². The summed E-state index contributed by atoms with van der Waals surface area (Å²) >= 11 is 3.48. The second kappa shape index (κ2) is 7.24. The summed E-state index contributed by atoms with van der Waals surface area (Å²) < 4.78 is 1.09. The maximum absolute atomic E-state index is 8.73. The van der Waals surface area contributed by atoms with E-state index < -0.39 is 0 Å². The Hall–Kier alpha value is -1.85. The Morgan fingerprint density at radius 3 is 2.38 bits per heavy atom. The van der Waals surface area contributed by atoms with Crippen LogP contribution in [0.4, 0.5) is 0 Å². The van der Waals surface area contributed by atoms with Gasteiger partial charge < -0.3 is 10.9 Å². The Kier molecular flexibility index (Phi) is 5.36. The van der Waals surface area contributed by atoms with Gasteiger partial charge in [0.2, 0.25) is 0 Å². The first-order chi connectivity index (χ1) is 10.1. The number of rotatable bonds is 5. The molecule has 5 heteroatoms. The molecule has 2 aromatic rings. The lowest BCUT2D eigenvalue weighted by Crippen LogP contribution is -2.18. The molecule has 0 unspecified atom stereocenters. The van der Waals surface area contributed by atoms with Gasteiger partial charge in [-0.3, -0.25) is 4.90 Å². The lowest BCUT2D eigenvalue weighted by molar-refractivity contribution is 0.318. The van der Waals surface area contributed by atoms with Gasteiger partial charge in [0.15, 0.2) is 5.84 Å². The summed E-state index contributed by atoms with van der Waals surface area (Å²) in [5.41, 5.74) is 8.71. The Morgan fingerprint density at radius 2 is 1.76 bits per heavy atom. The highest BCUT2D eigenvalue weighted by atomic mass is 79.9. The topological polar surface area (TPSA) is 61.8 Å². The molecular formula is C16H18BrN3O. The van der Waals surface area contributed by atoms with Gasteiger partial charge in [-0.05, 0) is 36.4 Å². The van der Waals surface area contributed by atoms with Gasteiger partial charge in [-0.25, -0.2) is 0 Å². The number of benzene rings is 2. The van der Waals surface area contributed by atoms with Crippen molar-refractivity contribution < 1.29 is 5.21 Å². The zero-order chi connectivity index (χ0) is 15.2. The molecule has 0 aliphatic heterocycles. The van der Waals surface area contributed by atoms with Gasteiger partial charge >= 0.3 is 0 Å². The van der Waals surface area contributed by atoms with Crippen molar-refractivity contribution in [2.45, 2.75) is 13.1 Å². The zero-order valence-electron chi connectivity index (χ0n) is 11.8. The van der Waals surface area contributed by atoms with Crippen LogP contribution in [0.25, 0.3) is 0 Å². The van der Waals surface area contributed by atoms with Crippen LogP contribution in [0.5, 0.6) is 0 Å². The van der Waals surface area contributed by atoms with Gasteiger partial charge in [-0.1, -0.05) is 51.4 Å². The molecule has 0 aromatic heterocycles. The third-order valence-corrected chi connectivity index (χ3v) is 3.62. The molecule has 0 radical (unpaired) electrons. The Morgan fingerprint density at radius 1 is 1.14 bits per heavy atom. The van der Waals surface area contributed by atoms with Gasteiger partial charge in [0, 0.05) is 23.1 Å². The van der Waals surface area contributed by atoms with E-state index in [1.165, 1.54) is 5.56 Å². The minimum absolute atomic E-state index is 0.131. The molecule has 4 nitrogen and oxygen atoms in total. The molecule has 0 aliphatic carbocycles. The first-order valence-electron chi connectivity index (χ1n) is 6.58. The van der Waals surface area contributed by atoms with Gasteiger partial charge in [0.05, 0.1) is 0 Å². The number of oxime groups is 1. The van der Waals surface area contributed by atoms with Crippen molar-refractivity contribution in [3.8, 4) is 0 Å². The van der Waals surface area contributed by atoms with Crippen LogP contribution in [0.3, 0.4) is 0 Å². The molecule has 0 amide bonds. The molecule has 0 saturated heterocycles. The normalized spacial score (nSPS) is 11.9. The van der Waals surface area contributed by atoms with Crippen LogP contribution in [-0.2, 0) is 13.1 Å². The van der Waals surface area contributed by atoms with Crippen molar-refractivity contribution in [1.29, 1.82) is 0 Å². The van der Waals surface area contributed by atoms with Gasteiger partial charge in [-0.15, -0.1) is 0 Å². The quantitative estimate of drug-likeness (QED) is 0.378. The lowest BCUT2D eigenvalue weighted by atomic mass is 10.1. The number of amidine groups is 1. The number of nitrogens with zero attached hydrogens (tertiary/aromatic N) is 2. The predicted octanol–water partition coefficient (Wildman–Crippen LogP) is 3.18. The minimum atomic E-state index is 0.131. The summed E-state index contributed by atoms with van der Waals surface area (Å²) in [6.45, 7) is 1.65. The van der Waals surface area contributed by atoms with Crippen LogP contribution in [0.1, 0.15) is 16.7 Å². The third-order valence-electron chi connectivity index (χ3n) is 3.12. The van der Waals surface area contributed by atoms with E-state index in [-0.39, 0.29) is 5.84 Å². The van der Waals surface area contributed by atoms with Crippen molar-refractivity contribution in [3.63, 3.8) is 0 Å². The number of hydrogen-bond donors (Lipinski definition) is 2. The second-order valence-corrected chi connectivity index (χ2v) is 5.90. The van der Waals surface area contributed by atoms with E-state index in [0.29, 0.717) is 0 Å². The molecule has 21 heavy (non-hydrogen) atoms. The summed E-state index contributed by atoms with van der Waals surface area (Å²) in [5.74, 6) is 0.131. The molecule has 0 aliphatic rings.